The molecule has 28 heavy (non-hydrogen) atoms. The molecule has 2 aromatic rings. The Morgan fingerprint density at radius 2 is 1.96 bits per heavy atom. The van der Waals surface area contributed by atoms with Crippen molar-refractivity contribution in [2.24, 2.45) is 0 Å². The van der Waals surface area contributed by atoms with Gasteiger partial charge in [0.2, 0.25) is 12.7 Å². The van der Waals surface area contributed by atoms with Gasteiger partial charge in [-0.25, -0.2) is 4.79 Å². The van der Waals surface area contributed by atoms with Gasteiger partial charge in [-0.15, -0.1) is 0 Å². The van der Waals surface area contributed by atoms with Crippen molar-refractivity contribution >= 4 is 23.3 Å². The van der Waals surface area contributed by atoms with Crippen molar-refractivity contribution in [3.05, 3.63) is 42.5 Å². The molecule has 0 aliphatic carbocycles. The number of rotatable bonds is 6. The quantitative estimate of drug-likeness (QED) is 0.830. The first-order valence-electron chi connectivity index (χ1n) is 9.13. The maximum Gasteiger partial charge on any atom is 0.325 e. The topological polar surface area (TPSA) is 80.3 Å². The minimum atomic E-state index is -0.270. The van der Waals surface area contributed by atoms with Gasteiger partial charge in [0.1, 0.15) is 12.3 Å². The molecule has 2 aromatic carbocycles. The predicted molar refractivity (Wildman–Crippen MR) is 103 cm³/mol. The van der Waals surface area contributed by atoms with E-state index in [1.807, 2.05) is 25.1 Å². The Hall–Kier alpha value is -3.42. The van der Waals surface area contributed by atoms with Crippen molar-refractivity contribution in [3.8, 4) is 17.2 Å². The molecule has 0 saturated carbocycles. The second-order valence-electron chi connectivity index (χ2n) is 6.37. The molecule has 0 bridgehead atoms. The third kappa shape index (κ3) is 3.53. The fourth-order valence-electron chi connectivity index (χ4n) is 3.24. The molecule has 146 valence electrons. The van der Waals surface area contributed by atoms with Crippen molar-refractivity contribution in [3.63, 3.8) is 0 Å². The summed E-state index contributed by atoms with van der Waals surface area (Å²) >= 11 is 0. The lowest BCUT2D eigenvalue weighted by molar-refractivity contribution is -0.116. The number of benzene rings is 2. The summed E-state index contributed by atoms with van der Waals surface area (Å²) in [6, 6.07) is 12.4. The van der Waals surface area contributed by atoms with E-state index in [0.29, 0.717) is 42.6 Å². The van der Waals surface area contributed by atoms with Gasteiger partial charge in [0, 0.05) is 24.8 Å². The fourth-order valence-corrected chi connectivity index (χ4v) is 3.24. The fraction of sp³-hybridized carbons (Fsp3) is 0.300. The Bertz CT molecular complexity index is 901. The Morgan fingerprint density at radius 1 is 1.14 bits per heavy atom. The first-order chi connectivity index (χ1) is 13.7. The van der Waals surface area contributed by atoms with Crippen LogP contribution in [0.5, 0.6) is 17.2 Å². The maximum atomic E-state index is 12.7. The number of urea groups is 1. The lowest BCUT2D eigenvalue weighted by Crippen LogP contribution is -2.37. The van der Waals surface area contributed by atoms with E-state index in [0.717, 1.165) is 5.69 Å². The van der Waals surface area contributed by atoms with Crippen LogP contribution in [0.3, 0.4) is 0 Å². The number of anilines is 2. The van der Waals surface area contributed by atoms with Crippen molar-refractivity contribution in [2.45, 2.75) is 6.92 Å². The summed E-state index contributed by atoms with van der Waals surface area (Å²) in [6.07, 6.45) is 0. The van der Waals surface area contributed by atoms with Gasteiger partial charge in [0.15, 0.2) is 11.5 Å². The van der Waals surface area contributed by atoms with E-state index in [-0.39, 0.29) is 25.3 Å². The average Bonchev–Trinajstić information content (AvgIpc) is 3.30. The molecule has 0 radical (unpaired) electrons. The van der Waals surface area contributed by atoms with Gasteiger partial charge in [-0.05, 0) is 31.2 Å². The molecule has 0 aromatic heterocycles. The minimum absolute atomic E-state index is 0.0274. The summed E-state index contributed by atoms with van der Waals surface area (Å²) in [7, 11) is 0. The molecule has 1 N–H and O–H groups in total. The summed E-state index contributed by atoms with van der Waals surface area (Å²) < 4.78 is 16.2. The van der Waals surface area contributed by atoms with Crippen molar-refractivity contribution < 1.29 is 23.8 Å². The standard InChI is InChI=1S/C20H21N3O5/c1-2-26-16-6-4-3-5-15(16)21-19(24)12-22-9-10-23(20(22)25)14-7-8-17-18(11-14)28-13-27-17/h3-8,11H,2,9-10,12-13H2,1H3,(H,21,24). The third-order valence-corrected chi connectivity index (χ3v) is 4.56. The highest BCUT2D eigenvalue weighted by atomic mass is 16.7. The third-order valence-electron chi connectivity index (χ3n) is 4.56. The van der Waals surface area contributed by atoms with Crippen LogP contribution in [0.15, 0.2) is 42.5 Å². The van der Waals surface area contributed by atoms with Crippen molar-refractivity contribution in [2.75, 3.05) is 43.3 Å². The van der Waals surface area contributed by atoms with Gasteiger partial charge < -0.3 is 24.4 Å². The number of nitrogens with zero attached hydrogens (tertiary/aromatic N) is 2. The van der Waals surface area contributed by atoms with Crippen molar-refractivity contribution in [1.82, 2.24) is 4.90 Å². The SMILES string of the molecule is CCOc1ccccc1NC(=O)CN1CCN(c2ccc3c(c2)OCO3)C1=O. The van der Waals surface area contributed by atoms with Crippen LogP contribution in [0, 0.1) is 0 Å². The number of fused-ring (bicyclic) bond motifs is 1. The van der Waals surface area contributed by atoms with Gasteiger partial charge in [-0.1, -0.05) is 12.1 Å². The number of carbonyl (C=O) groups excluding carboxylic acids is 2. The van der Waals surface area contributed by atoms with Crippen LogP contribution in [0.2, 0.25) is 0 Å². The smallest absolute Gasteiger partial charge is 0.325 e. The first kappa shape index (κ1) is 18.0. The Morgan fingerprint density at radius 3 is 2.82 bits per heavy atom. The van der Waals surface area contributed by atoms with Crippen LogP contribution in [-0.2, 0) is 4.79 Å². The number of ether oxygens (including phenoxy) is 3. The second kappa shape index (κ2) is 7.67. The van der Waals surface area contributed by atoms with E-state index in [2.05, 4.69) is 5.32 Å². The van der Waals surface area contributed by atoms with Gasteiger partial charge >= 0.3 is 6.03 Å². The molecule has 3 amide bonds. The number of hydrogen-bond acceptors (Lipinski definition) is 5. The molecule has 0 atom stereocenters. The molecule has 1 fully saturated rings. The Balaban J connectivity index is 1.40. The molecule has 4 rings (SSSR count). The molecule has 2 aliphatic rings. The van der Waals surface area contributed by atoms with Gasteiger partial charge in [0.25, 0.3) is 0 Å². The summed E-state index contributed by atoms with van der Waals surface area (Å²) in [5, 5.41) is 2.82. The zero-order valence-electron chi connectivity index (χ0n) is 15.5. The lowest BCUT2D eigenvalue weighted by atomic mass is 10.2. The molecule has 1 saturated heterocycles. The van der Waals surface area contributed by atoms with E-state index < -0.39 is 0 Å². The number of carbonyl (C=O) groups is 2. The molecule has 8 nitrogen and oxygen atoms in total. The molecule has 8 heteroatoms. The number of amides is 3. The van der Waals surface area contributed by atoms with E-state index in [1.165, 1.54) is 4.90 Å². The summed E-state index contributed by atoms with van der Waals surface area (Å²) in [6.45, 7) is 3.51. The largest absolute Gasteiger partial charge is 0.492 e. The highest BCUT2D eigenvalue weighted by Crippen LogP contribution is 2.36. The summed E-state index contributed by atoms with van der Waals surface area (Å²) in [5.41, 5.74) is 1.31. The minimum Gasteiger partial charge on any atom is -0.492 e. The van der Waals surface area contributed by atoms with Crippen molar-refractivity contribution in [1.29, 1.82) is 0 Å². The average molecular weight is 383 g/mol. The van der Waals surface area contributed by atoms with Crippen LogP contribution in [0.4, 0.5) is 16.2 Å². The Kier molecular flexibility index (Phi) is 4.92. The van der Waals surface area contributed by atoms with Crippen LogP contribution >= 0.6 is 0 Å². The lowest BCUT2D eigenvalue weighted by Gasteiger charge is -2.19. The monoisotopic (exact) mass is 383 g/mol. The van der Waals surface area contributed by atoms with Gasteiger partial charge in [-0.2, -0.15) is 0 Å². The highest BCUT2D eigenvalue weighted by molar-refractivity contribution is 6.00. The maximum absolute atomic E-state index is 12.7. The molecular weight excluding hydrogens is 362 g/mol. The Labute approximate surface area is 162 Å². The summed E-state index contributed by atoms with van der Waals surface area (Å²) in [4.78, 5) is 28.3. The van der Waals surface area contributed by atoms with Crippen LogP contribution in [-0.4, -0.2) is 49.9 Å². The first-order valence-corrected chi connectivity index (χ1v) is 9.13. The molecule has 0 unspecified atom stereocenters. The normalized spacial score (nSPS) is 15.1. The van der Waals surface area contributed by atoms with Crippen LogP contribution in [0.25, 0.3) is 0 Å². The summed E-state index contributed by atoms with van der Waals surface area (Å²) in [5.74, 6) is 1.62. The van der Waals surface area contributed by atoms with E-state index in [9.17, 15) is 9.59 Å². The molecule has 2 heterocycles. The number of nitrogens with one attached hydrogen (secondary N) is 1. The van der Waals surface area contributed by atoms with E-state index in [4.69, 9.17) is 14.2 Å². The molecular formula is C20H21N3O5. The van der Waals surface area contributed by atoms with E-state index in [1.54, 1.807) is 29.2 Å². The number of hydrogen-bond donors (Lipinski definition) is 1. The van der Waals surface area contributed by atoms with Gasteiger partial charge in [-0.3, -0.25) is 9.69 Å². The second-order valence-corrected chi connectivity index (χ2v) is 6.37. The molecule has 0 spiro atoms. The van der Waals surface area contributed by atoms with Crippen LogP contribution in [0.1, 0.15) is 6.92 Å². The highest BCUT2D eigenvalue weighted by Gasteiger charge is 2.31. The zero-order valence-corrected chi connectivity index (χ0v) is 15.5. The van der Waals surface area contributed by atoms with Crippen LogP contribution < -0.4 is 24.4 Å². The zero-order chi connectivity index (χ0) is 19.5. The number of para-hydroxylation sites is 2. The predicted octanol–water partition coefficient (Wildman–Crippen LogP) is 2.69. The van der Waals surface area contributed by atoms with E-state index >= 15 is 0 Å². The van der Waals surface area contributed by atoms with Gasteiger partial charge in [0.05, 0.1) is 12.3 Å². The molecule has 2 aliphatic heterocycles.